The summed E-state index contributed by atoms with van der Waals surface area (Å²) in [7, 11) is 0. The predicted octanol–water partition coefficient (Wildman–Crippen LogP) is 2.11. The second-order valence-corrected chi connectivity index (χ2v) is 4.92. The summed E-state index contributed by atoms with van der Waals surface area (Å²) in [5.41, 5.74) is 7.47. The molecule has 0 spiro atoms. The lowest BCUT2D eigenvalue weighted by Crippen LogP contribution is -2.14. The van der Waals surface area contributed by atoms with E-state index < -0.39 is 0 Å². The second-order valence-electron chi connectivity index (χ2n) is 4.06. The molecular weight excluding hydrogens is 262 g/mol. The summed E-state index contributed by atoms with van der Waals surface area (Å²) in [6.45, 7) is 1.44. The first-order valence-corrected chi connectivity index (χ1v) is 6.53. The minimum atomic E-state index is -0.185. The van der Waals surface area contributed by atoms with Gasteiger partial charge in [0, 0.05) is 18.0 Å². The van der Waals surface area contributed by atoms with Crippen LogP contribution in [0.5, 0.6) is 0 Å². The number of ketones is 1. The molecule has 2 rings (SSSR count). The van der Waals surface area contributed by atoms with Gasteiger partial charge in [-0.05, 0) is 17.7 Å². The molecule has 0 fully saturated rings. The van der Waals surface area contributed by atoms with Crippen molar-refractivity contribution in [2.75, 3.05) is 11.1 Å². The zero-order chi connectivity index (χ0) is 13.8. The first-order chi connectivity index (χ1) is 9.04. The Hall–Kier alpha value is -2.21. The first-order valence-electron chi connectivity index (χ1n) is 5.65. The molecule has 0 aliphatic heterocycles. The lowest BCUT2D eigenvalue weighted by molar-refractivity contribution is -0.115. The number of amides is 1. The topological polar surface area (TPSA) is 85.1 Å². The van der Waals surface area contributed by atoms with Crippen LogP contribution in [0.3, 0.4) is 0 Å². The first kappa shape index (κ1) is 13.2. The van der Waals surface area contributed by atoms with Gasteiger partial charge in [0.05, 0.1) is 6.42 Å². The fourth-order valence-corrected chi connectivity index (χ4v) is 2.31. The summed E-state index contributed by atoms with van der Waals surface area (Å²) in [6.07, 6.45) is 0.222. The maximum atomic E-state index is 11.8. The van der Waals surface area contributed by atoms with Gasteiger partial charge in [-0.25, -0.2) is 4.98 Å². The van der Waals surface area contributed by atoms with Gasteiger partial charge >= 0.3 is 0 Å². The Kier molecular flexibility index (Phi) is 3.91. The Labute approximate surface area is 114 Å². The van der Waals surface area contributed by atoms with Crippen LogP contribution in [0, 0.1) is 0 Å². The molecule has 0 aliphatic carbocycles. The summed E-state index contributed by atoms with van der Waals surface area (Å²) in [5.74, 6) is -0.303. The lowest BCUT2D eigenvalue weighted by atomic mass is 10.1. The standard InChI is InChI=1S/C13H13N3O2S/c1-8(17)11-7-19-13(15-11)16-12(18)6-9-3-2-4-10(14)5-9/h2-5,7H,6,14H2,1H3,(H,15,16,18). The number of rotatable bonds is 4. The monoisotopic (exact) mass is 275 g/mol. The number of aromatic nitrogens is 1. The number of nitrogen functional groups attached to an aromatic ring is 1. The molecule has 0 radical (unpaired) electrons. The van der Waals surface area contributed by atoms with E-state index in [1.165, 1.54) is 18.3 Å². The average Bonchev–Trinajstić information content (AvgIpc) is 2.77. The van der Waals surface area contributed by atoms with E-state index in [0.29, 0.717) is 16.5 Å². The number of nitrogens with zero attached hydrogens (tertiary/aromatic N) is 1. The Morgan fingerprint density at radius 3 is 2.84 bits per heavy atom. The van der Waals surface area contributed by atoms with Crippen molar-refractivity contribution in [3.63, 3.8) is 0 Å². The minimum Gasteiger partial charge on any atom is -0.399 e. The van der Waals surface area contributed by atoms with Crippen molar-refractivity contribution in [1.29, 1.82) is 0 Å². The van der Waals surface area contributed by atoms with Gasteiger partial charge in [-0.2, -0.15) is 0 Å². The molecule has 98 valence electrons. The van der Waals surface area contributed by atoms with Crippen LogP contribution in [0.25, 0.3) is 0 Å². The molecule has 6 heteroatoms. The number of thiazole rings is 1. The van der Waals surface area contributed by atoms with Crippen LogP contribution in [0.4, 0.5) is 10.8 Å². The highest BCUT2D eigenvalue weighted by atomic mass is 32.1. The van der Waals surface area contributed by atoms with E-state index in [0.717, 1.165) is 5.56 Å². The Morgan fingerprint density at radius 1 is 1.42 bits per heavy atom. The van der Waals surface area contributed by atoms with E-state index in [1.54, 1.807) is 23.6 Å². The van der Waals surface area contributed by atoms with Gasteiger partial charge in [-0.15, -0.1) is 11.3 Å². The highest BCUT2D eigenvalue weighted by Gasteiger charge is 2.09. The number of carbonyl (C=O) groups is 2. The number of hydrogen-bond acceptors (Lipinski definition) is 5. The lowest BCUT2D eigenvalue weighted by Gasteiger charge is -2.02. The van der Waals surface area contributed by atoms with Crippen molar-refractivity contribution in [3.05, 3.63) is 40.9 Å². The molecular formula is C13H13N3O2S. The second kappa shape index (κ2) is 5.62. The van der Waals surface area contributed by atoms with Gasteiger partial charge in [0.25, 0.3) is 0 Å². The molecule has 1 aromatic carbocycles. The smallest absolute Gasteiger partial charge is 0.230 e. The van der Waals surface area contributed by atoms with Crippen LogP contribution in [0.2, 0.25) is 0 Å². The summed E-state index contributed by atoms with van der Waals surface area (Å²) in [6, 6.07) is 7.15. The Balaban J connectivity index is 1.99. The van der Waals surface area contributed by atoms with Crippen molar-refractivity contribution in [1.82, 2.24) is 4.98 Å². The van der Waals surface area contributed by atoms with Crippen molar-refractivity contribution in [3.8, 4) is 0 Å². The van der Waals surface area contributed by atoms with Crippen LogP contribution >= 0.6 is 11.3 Å². The Bertz CT molecular complexity index is 622. The summed E-state index contributed by atoms with van der Waals surface area (Å²) in [4.78, 5) is 26.9. The zero-order valence-electron chi connectivity index (χ0n) is 10.3. The number of carbonyl (C=O) groups excluding carboxylic acids is 2. The van der Waals surface area contributed by atoms with E-state index in [-0.39, 0.29) is 18.1 Å². The third kappa shape index (κ3) is 3.62. The molecule has 19 heavy (non-hydrogen) atoms. The summed E-state index contributed by atoms with van der Waals surface area (Å²) < 4.78 is 0. The number of anilines is 2. The van der Waals surface area contributed by atoms with Crippen molar-refractivity contribution >= 4 is 33.8 Å². The minimum absolute atomic E-state index is 0.118. The van der Waals surface area contributed by atoms with Crippen LogP contribution in [-0.4, -0.2) is 16.7 Å². The maximum Gasteiger partial charge on any atom is 0.230 e. The fraction of sp³-hybridized carbons (Fsp3) is 0.154. The van der Waals surface area contributed by atoms with Gasteiger partial charge in [0.2, 0.25) is 5.91 Å². The van der Waals surface area contributed by atoms with E-state index in [2.05, 4.69) is 10.3 Å². The number of benzene rings is 1. The van der Waals surface area contributed by atoms with Gasteiger partial charge in [0.1, 0.15) is 5.69 Å². The molecule has 1 heterocycles. The normalized spacial score (nSPS) is 10.2. The number of hydrogen-bond donors (Lipinski definition) is 2. The van der Waals surface area contributed by atoms with Crippen LogP contribution in [0.1, 0.15) is 23.0 Å². The molecule has 0 atom stereocenters. The fourth-order valence-electron chi connectivity index (χ4n) is 1.54. The maximum absolute atomic E-state index is 11.8. The van der Waals surface area contributed by atoms with Gasteiger partial charge in [0.15, 0.2) is 10.9 Å². The van der Waals surface area contributed by atoms with Crippen LogP contribution < -0.4 is 11.1 Å². The zero-order valence-corrected chi connectivity index (χ0v) is 11.2. The molecule has 1 amide bonds. The van der Waals surface area contributed by atoms with Gasteiger partial charge < -0.3 is 11.1 Å². The number of Topliss-reactive ketones (excluding diaryl/α,β-unsaturated/α-hetero) is 1. The SMILES string of the molecule is CC(=O)c1csc(NC(=O)Cc2cccc(N)c2)n1. The van der Waals surface area contributed by atoms with Crippen LogP contribution in [0.15, 0.2) is 29.6 Å². The molecule has 0 saturated carbocycles. The predicted molar refractivity (Wildman–Crippen MR) is 75.3 cm³/mol. The highest BCUT2D eigenvalue weighted by molar-refractivity contribution is 7.14. The third-order valence-electron chi connectivity index (χ3n) is 2.43. The molecule has 0 saturated heterocycles. The molecule has 0 aliphatic rings. The molecule has 5 nitrogen and oxygen atoms in total. The van der Waals surface area contributed by atoms with Gasteiger partial charge in [-0.1, -0.05) is 12.1 Å². The highest BCUT2D eigenvalue weighted by Crippen LogP contribution is 2.16. The van der Waals surface area contributed by atoms with Crippen molar-refractivity contribution in [2.45, 2.75) is 13.3 Å². The summed E-state index contributed by atoms with van der Waals surface area (Å²) in [5, 5.41) is 4.71. The number of nitrogens with two attached hydrogens (primary N) is 1. The van der Waals surface area contributed by atoms with E-state index in [1.807, 2.05) is 6.07 Å². The molecule has 0 unspecified atom stereocenters. The van der Waals surface area contributed by atoms with E-state index in [4.69, 9.17) is 5.73 Å². The largest absolute Gasteiger partial charge is 0.399 e. The molecule has 2 aromatic rings. The molecule has 1 aromatic heterocycles. The van der Waals surface area contributed by atoms with Crippen molar-refractivity contribution < 1.29 is 9.59 Å². The number of nitrogens with one attached hydrogen (secondary N) is 1. The average molecular weight is 275 g/mol. The quantitative estimate of drug-likeness (QED) is 0.661. The van der Waals surface area contributed by atoms with Crippen molar-refractivity contribution in [2.24, 2.45) is 0 Å². The molecule has 3 N–H and O–H groups in total. The Morgan fingerprint density at radius 2 is 2.21 bits per heavy atom. The van der Waals surface area contributed by atoms with Gasteiger partial charge in [-0.3, -0.25) is 9.59 Å². The van der Waals surface area contributed by atoms with E-state index >= 15 is 0 Å². The van der Waals surface area contributed by atoms with E-state index in [9.17, 15) is 9.59 Å². The molecule has 0 bridgehead atoms. The van der Waals surface area contributed by atoms with Crippen LogP contribution in [-0.2, 0) is 11.2 Å². The summed E-state index contributed by atoms with van der Waals surface area (Å²) >= 11 is 1.23. The third-order valence-corrected chi connectivity index (χ3v) is 3.18.